The topological polar surface area (TPSA) is 77.1 Å². The van der Waals surface area contributed by atoms with E-state index >= 15 is 0 Å². The lowest BCUT2D eigenvalue weighted by atomic mass is 9.95. The van der Waals surface area contributed by atoms with Crippen molar-refractivity contribution in [3.05, 3.63) is 57.0 Å². The zero-order valence-corrected chi connectivity index (χ0v) is 15.7. The Bertz CT molecular complexity index is 1060. The predicted octanol–water partition coefficient (Wildman–Crippen LogP) is 2.77. The van der Waals surface area contributed by atoms with Crippen LogP contribution in [0.1, 0.15) is 17.2 Å². The molecule has 1 aliphatic rings. The highest BCUT2D eigenvalue weighted by molar-refractivity contribution is 6.31. The minimum atomic E-state index is -0.767. The van der Waals surface area contributed by atoms with E-state index in [0.29, 0.717) is 40.7 Å². The van der Waals surface area contributed by atoms with Gasteiger partial charge in [0.2, 0.25) is 0 Å². The first-order valence-corrected chi connectivity index (χ1v) is 8.82. The van der Waals surface area contributed by atoms with Gasteiger partial charge in [-0.25, -0.2) is 4.79 Å². The standard InChI is InChI=1S/C19H19ClN2O5/c1-25-15-5-6-17(26-2)18-12(15)8-21(9-14(18)23)10-22-13-7-11(20)3-4-16(13)27-19(22)24/h3-7,14,23H,8-10H2,1-2H3/t14-/m0/s1. The second-order valence-electron chi connectivity index (χ2n) is 6.44. The van der Waals surface area contributed by atoms with Crippen molar-refractivity contribution in [1.82, 2.24) is 9.47 Å². The molecule has 1 aliphatic heterocycles. The van der Waals surface area contributed by atoms with Gasteiger partial charge in [-0.2, -0.15) is 0 Å². The summed E-state index contributed by atoms with van der Waals surface area (Å²) in [6, 6.07) is 8.64. The number of β-amino-alcohol motifs (C(OH)–C–C–N with tert-alkyl or cyclic N) is 1. The van der Waals surface area contributed by atoms with Crippen LogP contribution in [0.5, 0.6) is 11.5 Å². The van der Waals surface area contributed by atoms with Gasteiger partial charge in [-0.15, -0.1) is 0 Å². The van der Waals surface area contributed by atoms with E-state index in [1.165, 1.54) is 4.57 Å². The lowest BCUT2D eigenvalue weighted by Gasteiger charge is -2.33. The molecule has 0 fully saturated rings. The Hall–Kier alpha value is -2.48. The number of aliphatic hydroxyl groups is 1. The molecule has 27 heavy (non-hydrogen) atoms. The van der Waals surface area contributed by atoms with E-state index in [1.807, 2.05) is 11.0 Å². The van der Waals surface area contributed by atoms with E-state index in [2.05, 4.69) is 0 Å². The maximum absolute atomic E-state index is 12.3. The van der Waals surface area contributed by atoms with E-state index in [9.17, 15) is 9.90 Å². The van der Waals surface area contributed by atoms with Crippen LogP contribution in [0, 0.1) is 0 Å². The van der Waals surface area contributed by atoms with Crippen molar-refractivity contribution in [3.8, 4) is 11.5 Å². The van der Waals surface area contributed by atoms with Crippen molar-refractivity contribution in [3.63, 3.8) is 0 Å². The van der Waals surface area contributed by atoms with Gasteiger partial charge in [0.25, 0.3) is 0 Å². The van der Waals surface area contributed by atoms with Gasteiger partial charge in [-0.3, -0.25) is 9.47 Å². The molecule has 0 amide bonds. The van der Waals surface area contributed by atoms with Crippen LogP contribution in [0.15, 0.2) is 39.5 Å². The molecule has 2 heterocycles. The Labute approximate surface area is 160 Å². The Morgan fingerprint density at radius 3 is 2.70 bits per heavy atom. The molecule has 0 spiro atoms. The van der Waals surface area contributed by atoms with Crippen LogP contribution in [0.2, 0.25) is 5.02 Å². The van der Waals surface area contributed by atoms with Crippen molar-refractivity contribution >= 4 is 22.7 Å². The number of aromatic nitrogens is 1. The molecule has 2 aromatic carbocycles. The molecule has 1 N–H and O–H groups in total. The highest BCUT2D eigenvalue weighted by Gasteiger charge is 2.30. The number of hydrogen-bond acceptors (Lipinski definition) is 6. The summed E-state index contributed by atoms with van der Waals surface area (Å²) in [6.45, 7) is 1.09. The first-order valence-electron chi connectivity index (χ1n) is 8.45. The molecule has 4 rings (SSSR count). The third-order valence-corrected chi connectivity index (χ3v) is 5.07. The van der Waals surface area contributed by atoms with E-state index in [1.54, 1.807) is 38.5 Å². The largest absolute Gasteiger partial charge is 0.496 e. The van der Waals surface area contributed by atoms with Crippen LogP contribution in [0.4, 0.5) is 0 Å². The van der Waals surface area contributed by atoms with E-state index < -0.39 is 11.9 Å². The molecular formula is C19H19ClN2O5. The van der Waals surface area contributed by atoms with Crippen LogP contribution in [-0.4, -0.2) is 35.3 Å². The van der Waals surface area contributed by atoms with Gasteiger partial charge in [0.1, 0.15) is 11.5 Å². The normalized spacial score (nSPS) is 17.1. The summed E-state index contributed by atoms with van der Waals surface area (Å²) in [5.41, 5.74) is 2.65. The first-order chi connectivity index (χ1) is 13.0. The summed E-state index contributed by atoms with van der Waals surface area (Å²) in [4.78, 5) is 14.2. The van der Waals surface area contributed by atoms with Crippen molar-refractivity contribution in [1.29, 1.82) is 0 Å². The number of methoxy groups -OCH3 is 2. The molecule has 0 bridgehead atoms. The van der Waals surface area contributed by atoms with Crippen LogP contribution in [-0.2, 0) is 13.2 Å². The second kappa shape index (κ2) is 6.92. The van der Waals surface area contributed by atoms with Crippen LogP contribution >= 0.6 is 11.6 Å². The van der Waals surface area contributed by atoms with Crippen LogP contribution < -0.4 is 15.2 Å². The molecule has 7 nitrogen and oxygen atoms in total. The second-order valence-corrected chi connectivity index (χ2v) is 6.88. The fourth-order valence-corrected chi connectivity index (χ4v) is 3.79. The summed E-state index contributed by atoms with van der Waals surface area (Å²) in [5.74, 6) is 0.822. The summed E-state index contributed by atoms with van der Waals surface area (Å²) >= 11 is 6.06. The van der Waals surface area contributed by atoms with Gasteiger partial charge < -0.3 is 19.0 Å². The van der Waals surface area contributed by atoms with Crippen LogP contribution in [0.25, 0.3) is 11.1 Å². The average Bonchev–Trinajstić information content (AvgIpc) is 2.95. The predicted molar refractivity (Wildman–Crippen MR) is 100 cm³/mol. The number of oxazole rings is 1. The maximum Gasteiger partial charge on any atom is 0.421 e. The lowest BCUT2D eigenvalue weighted by molar-refractivity contribution is 0.0697. The molecule has 1 atom stereocenters. The molecular weight excluding hydrogens is 372 g/mol. The lowest BCUT2D eigenvalue weighted by Crippen LogP contribution is -2.37. The van der Waals surface area contributed by atoms with E-state index in [0.717, 1.165) is 11.1 Å². The third kappa shape index (κ3) is 3.07. The Kier molecular flexibility index (Phi) is 4.59. The average molecular weight is 391 g/mol. The van der Waals surface area contributed by atoms with Gasteiger partial charge in [0, 0.05) is 29.2 Å². The van der Waals surface area contributed by atoms with Crippen molar-refractivity contribution in [2.45, 2.75) is 19.3 Å². The Morgan fingerprint density at radius 2 is 1.96 bits per heavy atom. The zero-order chi connectivity index (χ0) is 19.1. The SMILES string of the molecule is COc1ccc(OC)c2c1CN(Cn1c(=O)oc3ccc(Cl)cc31)C[C@@H]2O. The number of nitrogens with zero attached hydrogens (tertiary/aromatic N) is 2. The summed E-state index contributed by atoms with van der Waals surface area (Å²) in [7, 11) is 3.16. The van der Waals surface area contributed by atoms with Crippen LogP contribution in [0.3, 0.4) is 0 Å². The zero-order valence-electron chi connectivity index (χ0n) is 14.9. The summed E-state index contributed by atoms with van der Waals surface area (Å²) in [5, 5.41) is 11.2. The number of ether oxygens (including phenoxy) is 2. The number of fused-ring (bicyclic) bond motifs is 2. The molecule has 142 valence electrons. The van der Waals surface area contributed by atoms with Gasteiger partial charge in [0.15, 0.2) is 5.58 Å². The fraction of sp³-hybridized carbons (Fsp3) is 0.316. The van der Waals surface area contributed by atoms with Crippen molar-refractivity contribution < 1.29 is 19.0 Å². The molecule has 0 unspecified atom stereocenters. The van der Waals surface area contributed by atoms with E-state index in [-0.39, 0.29) is 6.67 Å². The highest BCUT2D eigenvalue weighted by atomic mass is 35.5. The quantitative estimate of drug-likeness (QED) is 0.738. The van der Waals surface area contributed by atoms with Gasteiger partial charge in [-0.05, 0) is 30.3 Å². The molecule has 0 aliphatic carbocycles. The van der Waals surface area contributed by atoms with Crippen molar-refractivity contribution in [2.75, 3.05) is 20.8 Å². The number of rotatable bonds is 4. The molecule has 0 saturated carbocycles. The minimum absolute atomic E-state index is 0.253. The number of hydrogen-bond donors (Lipinski definition) is 1. The smallest absolute Gasteiger partial charge is 0.421 e. The third-order valence-electron chi connectivity index (χ3n) is 4.83. The van der Waals surface area contributed by atoms with E-state index in [4.69, 9.17) is 25.5 Å². The minimum Gasteiger partial charge on any atom is -0.496 e. The highest BCUT2D eigenvalue weighted by Crippen LogP contribution is 2.39. The van der Waals surface area contributed by atoms with Crippen molar-refractivity contribution in [2.24, 2.45) is 0 Å². The Morgan fingerprint density at radius 1 is 1.22 bits per heavy atom. The maximum atomic E-state index is 12.3. The molecule has 0 radical (unpaired) electrons. The number of halogens is 1. The summed E-state index contributed by atoms with van der Waals surface area (Å²) < 4.78 is 17.6. The first kappa shape index (κ1) is 17.9. The molecule has 3 aromatic rings. The molecule has 0 saturated heterocycles. The van der Waals surface area contributed by atoms with Gasteiger partial charge >= 0.3 is 5.76 Å². The number of aliphatic hydroxyl groups excluding tert-OH is 1. The summed E-state index contributed by atoms with van der Waals surface area (Å²) in [6.07, 6.45) is -0.767. The number of benzene rings is 2. The van der Waals surface area contributed by atoms with Gasteiger partial charge in [0.05, 0.1) is 32.5 Å². The van der Waals surface area contributed by atoms with Gasteiger partial charge in [-0.1, -0.05) is 11.6 Å². The molecule has 1 aromatic heterocycles. The monoisotopic (exact) mass is 390 g/mol. The Balaban J connectivity index is 1.72. The molecule has 8 heteroatoms. The fourth-order valence-electron chi connectivity index (χ4n) is 3.62.